The van der Waals surface area contributed by atoms with E-state index >= 15 is 0 Å². The Labute approximate surface area is 164 Å². The summed E-state index contributed by atoms with van der Waals surface area (Å²) in [6.45, 7) is 7.25. The minimum Gasteiger partial charge on any atom is -0.478 e. The van der Waals surface area contributed by atoms with Crippen LogP contribution < -0.4 is 4.48 Å². The van der Waals surface area contributed by atoms with Crippen molar-refractivity contribution in [2.24, 2.45) is 0 Å². The number of nitrogens with zero attached hydrogens (tertiary/aromatic N) is 3. The van der Waals surface area contributed by atoms with Crippen molar-refractivity contribution in [3.8, 4) is 0 Å². The van der Waals surface area contributed by atoms with Crippen molar-refractivity contribution in [3.63, 3.8) is 0 Å². The van der Waals surface area contributed by atoms with E-state index in [1.165, 1.54) is 0 Å². The Morgan fingerprint density at radius 1 is 0.929 bits per heavy atom. The molecule has 0 atom stereocenters. The predicted octanol–water partition coefficient (Wildman–Crippen LogP) is 4.91. The van der Waals surface area contributed by atoms with Crippen LogP contribution in [0.25, 0.3) is 0 Å². The highest BCUT2D eigenvalue weighted by atomic mass is 16.6. The molecule has 0 radical (unpaired) electrons. The fraction of sp³-hybridized carbons (Fsp3) is 0.632. The molecule has 0 fully saturated rings. The van der Waals surface area contributed by atoms with Crippen LogP contribution in [0.5, 0.6) is 0 Å². The van der Waals surface area contributed by atoms with Crippen molar-refractivity contribution in [1.82, 2.24) is 4.48 Å². The van der Waals surface area contributed by atoms with Gasteiger partial charge < -0.3 is 5.11 Å². The molecule has 0 saturated heterocycles. The predicted molar refractivity (Wildman–Crippen MR) is 108 cm³/mol. The van der Waals surface area contributed by atoms with Gasteiger partial charge in [-0.1, -0.05) is 32.6 Å². The number of hydrogen-bond acceptors (Lipinski definition) is 5. The molecule has 0 aromatic heterocycles. The first kappa shape index (κ1) is 23.5. The number of hydrogen-bond donors (Lipinski definition) is 1. The number of benzene rings is 1. The third-order valence-electron chi connectivity index (χ3n) is 5.33. The highest BCUT2D eigenvalue weighted by Gasteiger charge is 2.43. The molecule has 1 rings (SSSR count). The summed E-state index contributed by atoms with van der Waals surface area (Å²) >= 11 is 0. The molecule has 0 heterocycles. The summed E-state index contributed by atoms with van der Waals surface area (Å²) < 4.78 is 0.0836. The van der Waals surface area contributed by atoms with Crippen LogP contribution in [0.15, 0.2) is 12.1 Å². The molecule has 0 bridgehead atoms. The van der Waals surface area contributed by atoms with Crippen LogP contribution in [0.1, 0.15) is 69.7 Å². The first-order chi connectivity index (χ1) is 13.2. The van der Waals surface area contributed by atoms with Gasteiger partial charge in [-0.05, 0) is 26.7 Å². The highest BCUT2D eigenvalue weighted by Crippen LogP contribution is 2.43. The molecule has 0 unspecified atom stereocenters. The lowest BCUT2D eigenvalue weighted by Gasteiger charge is -2.35. The molecule has 9 heteroatoms. The highest BCUT2D eigenvalue weighted by molar-refractivity contribution is 5.92. The van der Waals surface area contributed by atoms with Crippen molar-refractivity contribution in [1.29, 1.82) is 0 Å². The molecule has 28 heavy (non-hydrogen) atoms. The maximum absolute atomic E-state index is 11.7. The fourth-order valence-electron chi connectivity index (χ4n) is 3.65. The van der Waals surface area contributed by atoms with E-state index in [9.17, 15) is 30.1 Å². The summed E-state index contributed by atoms with van der Waals surface area (Å²) in [4.78, 5) is 33.2. The van der Waals surface area contributed by atoms with E-state index in [1.807, 2.05) is 13.8 Å². The number of unbranched alkanes of at least 4 members (excludes halogenated alkanes) is 5. The summed E-state index contributed by atoms with van der Waals surface area (Å²) in [5.41, 5.74) is -1.45. The molecular formula is C19H30N3O6+. The van der Waals surface area contributed by atoms with E-state index in [-0.39, 0.29) is 10.2 Å². The summed E-state index contributed by atoms with van der Waals surface area (Å²) in [7, 11) is 0. The molecule has 0 spiro atoms. The Morgan fingerprint density at radius 2 is 1.39 bits per heavy atom. The Kier molecular flexibility index (Phi) is 8.98. The number of carboxylic acids is 1. The molecule has 0 aliphatic rings. The van der Waals surface area contributed by atoms with Crippen LogP contribution in [0, 0.1) is 20.2 Å². The van der Waals surface area contributed by atoms with Gasteiger partial charge in [0.25, 0.3) is 5.69 Å². The molecule has 0 aliphatic carbocycles. The molecule has 0 amide bonds. The average Bonchev–Trinajstić information content (AvgIpc) is 2.67. The topological polar surface area (TPSA) is 124 Å². The monoisotopic (exact) mass is 396 g/mol. The second-order valence-corrected chi connectivity index (χ2v) is 6.95. The van der Waals surface area contributed by atoms with Crippen LogP contribution in [-0.4, -0.2) is 40.6 Å². The van der Waals surface area contributed by atoms with Gasteiger partial charge in [-0.15, -0.1) is 0 Å². The number of rotatable bonds is 13. The number of aromatic carboxylic acids is 1. The number of nitro groups is 2. The van der Waals surface area contributed by atoms with Crippen molar-refractivity contribution in [3.05, 3.63) is 37.9 Å². The smallest absolute Gasteiger partial charge is 0.337 e. The first-order valence-electron chi connectivity index (χ1n) is 9.80. The molecule has 0 aliphatic heterocycles. The number of carbonyl (C=O) groups is 1. The second kappa shape index (κ2) is 10.7. The quantitative estimate of drug-likeness (QED) is 0.219. The van der Waals surface area contributed by atoms with E-state index in [1.54, 1.807) is 0 Å². The average molecular weight is 396 g/mol. The second-order valence-electron chi connectivity index (χ2n) is 6.95. The third kappa shape index (κ3) is 5.48. The van der Waals surface area contributed by atoms with Crippen molar-refractivity contribution in [2.45, 2.75) is 59.3 Å². The number of nitro benzene ring substituents is 2. The van der Waals surface area contributed by atoms with Crippen LogP contribution in [0.3, 0.4) is 0 Å². The van der Waals surface area contributed by atoms with Gasteiger partial charge in [-0.2, -0.15) is 0 Å². The lowest BCUT2D eigenvalue weighted by atomic mass is 10.1. The Hall–Kier alpha value is -2.55. The third-order valence-corrected chi connectivity index (χ3v) is 5.33. The molecule has 1 aromatic carbocycles. The fourth-order valence-corrected chi connectivity index (χ4v) is 3.65. The van der Waals surface area contributed by atoms with Gasteiger partial charge in [0.2, 0.25) is 0 Å². The van der Waals surface area contributed by atoms with E-state index in [2.05, 4.69) is 6.92 Å². The molecular weight excluding hydrogens is 366 g/mol. The minimum atomic E-state index is -1.43. The largest absolute Gasteiger partial charge is 0.478 e. The van der Waals surface area contributed by atoms with Gasteiger partial charge in [-0.25, -0.2) is 4.79 Å². The minimum absolute atomic E-state index is 0.00134. The van der Waals surface area contributed by atoms with Crippen LogP contribution >= 0.6 is 0 Å². The maximum Gasteiger partial charge on any atom is 0.337 e. The number of carboxylic acid groups (broad SMARTS) is 1. The summed E-state index contributed by atoms with van der Waals surface area (Å²) in [6, 6.07) is 1.87. The summed E-state index contributed by atoms with van der Waals surface area (Å²) in [5, 5.41) is 32.6. The van der Waals surface area contributed by atoms with Crippen molar-refractivity contribution in [2.75, 3.05) is 19.6 Å². The van der Waals surface area contributed by atoms with Gasteiger partial charge >= 0.3 is 17.3 Å². The summed E-state index contributed by atoms with van der Waals surface area (Å²) in [5.74, 6) is -1.43. The SMILES string of the molecule is CCCCCCCC[N+](CC)(CC)c1c([N+](=O)[O-])cc(C(=O)O)cc1[N+](=O)[O-]. The van der Waals surface area contributed by atoms with Gasteiger partial charge in [0.05, 0.1) is 35.0 Å². The van der Waals surface area contributed by atoms with Gasteiger partial charge in [-0.3, -0.25) is 24.7 Å². The molecule has 9 nitrogen and oxygen atoms in total. The Morgan fingerprint density at radius 3 is 1.79 bits per heavy atom. The molecule has 156 valence electrons. The van der Waals surface area contributed by atoms with E-state index in [4.69, 9.17) is 0 Å². The Bertz CT molecular complexity index is 681. The van der Waals surface area contributed by atoms with E-state index in [0.717, 1.165) is 50.7 Å². The molecule has 1 N–H and O–H groups in total. The molecule has 1 aromatic rings. The zero-order chi connectivity index (χ0) is 21.3. The van der Waals surface area contributed by atoms with E-state index in [0.29, 0.717) is 19.6 Å². The van der Waals surface area contributed by atoms with Gasteiger partial charge in [0.15, 0.2) is 0 Å². The zero-order valence-electron chi connectivity index (χ0n) is 16.8. The summed E-state index contributed by atoms with van der Waals surface area (Å²) in [6.07, 6.45) is 6.23. The van der Waals surface area contributed by atoms with E-state index < -0.39 is 32.8 Å². The van der Waals surface area contributed by atoms with Crippen LogP contribution in [-0.2, 0) is 0 Å². The van der Waals surface area contributed by atoms with Gasteiger partial charge in [0, 0.05) is 12.1 Å². The lowest BCUT2D eigenvalue weighted by Crippen LogP contribution is -2.50. The normalized spacial score (nSPS) is 11.4. The number of quaternary nitrogens is 1. The first-order valence-corrected chi connectivity index (χ1v) is 9.80. The van der Waals surface area contributed by atoms with Gasteiger partial charge in [0.1, 0.15) is 0 Å². The van der Waals surface area contributed by atoms with Crippen LogP contribution in [0.4, 0.5) is 17.1 Å². The van der Waals surface area contributed by atoms with Crippen LogP contribution in [0.2, 0.25) is 0 Å². The van der Waals surface area contributed by atoms with Crippen molar-refractivity contribution < 1.29 is 19.7 Å². The standard InChI is InChI=1S/C19H29N3O6/c1-4-7-8-9-10-11-12-22(5-2,6-3)18-16(20(25)26)13-15(19(23)24)14-17(18)21(27)28/h13-14H,4-12H2,1-3H3/p+1. The Balaban J connectivity index is 3.41. The lowest BCUT2D eigenvalue weighted by molar-refractivity contribution is -0.394. The zero-order valence-corrected chi connectivity index (χ0v) is 16.8. The van der Waals surface area contributed by atoms with Crippen molar-refractivity contribution >= 4 is 23.0 Å². The molecule has 0 saturated carbocycles. The maximum atomic E-state index is 11.7.